The Balaban J connectivity index is 2.84. The molecule has 5 heteroatoms. The summed E-state index contributed by atoms with van der Waals surface area (Å²) in [5.41, 5.74) is 0.651. The van der Waals surface area contributed by atoms with Crippen LogP contribution in [0.4, 0.5) is 5.69 Å². The maximum Gasteiger partial charge on any atom is 0.177 e. The monoisotopic (exact) mass is 257 g/mol. The van der Waals surface area contributed by atoms with Gasteiger partial charge in [-0.15, -0.1) is 0 Å². The largest absolute Gasteiger partial charge is 0.385 e. The quantitative estimate of drug-likeness (QED) is 0.846. The van der Waals surface area contributed by atoms with E-state index in [9.17, 15) is 8.42 Å². The molecule has 0 saturated heterocycles. The van der Waals surface area contributed by atoms with Crippen molar-refractivity contribution in [2.75, 3.05) is 25.3 Å². The van der Waals surface area contributed by atoms with Gasteiger partial charge in [-0.2, -0.15) is 0 Å². The molecule has 1 aromatic carbocycles. The first kappa shape index (κ1) is 14.0. The molecule has 0 aromatic heterocycles. The van der Waals surface area contributed by atoms with Crippen molar-refractivity contribution < 1.29 is 13.2 Å². The molecule has 0 heterocycles. The highest BCUT2D eigenvalue weighted by Crippen LogP contribution is 2.21. The maximum atomic E-state index is 11.6. The summed E-state index contributed by atoms with van der Waals surface area (Å²) >= 11 is 0. The van der Waals surface area contributed by atoms with Gasteiger partial charge < -0.3 is 10.1 Å². The van der Waals surface area contributed by atoms with Crippen LogP contribution in [-0.4, -0.2) is 34.4 Å². The van der Waals surface area contributed by atoms with Crippen molar-refractivity contribution in [1.82, 2.24) is 0 Å². The Kier molecular flexibility index (Phi) is 4.96. The van der Waals surface area contributed by atoms with Gasteiger partial charge in [0.15, 0.2) is 9.84 Å². The first-order chi connectivity index (χ1) is 7.95. The number of para-hydroxylation sites is 1. The van der Waals surface area contributed by atoms with E-state index in [0.717, 1.165) is 6.42 Å². The van der Waals surface area contributed by atoms with E-state index >= 15 is 0 Å². The predicted molar refractivity (Wildman–Crippen MR) is 69.1 cm³/mol. The van der Waals surface area contributed by atoms with E-state index in [-0.39, 0.29) is 6.04 Å². The fraction of sp³-hybridized carbons (Fsp3) is 0.500. The van der Waals surface area contributed by atoms with Gasteiger partial charge in [0.1, 0.15) is 0 Å². The number of rotatable bonds is 6. The molecule has 4 nitrogen and oxygen atoms in total. The number of anilines is 1. The maximum absolute atomic E-state index is 11.6. The summed E-state index contributed by atoms with van der Waals surface area (Å²) < 4.78 is 28.2. The van der Waals surface area contributed by atoms with Crippen molar-refractivity contribution in [3.63, 3.8) is 0 Å². The Morgan fingerprint density at radius 3 is 2.59 bits per heavy atom. The molecule has 0 aliphatic heterocycles. The van der Waals surface area contributed by atoms with Crippen molar-refractivity contribution in [2.45, 2.75) is 24.3 Å². The number of benzene rings is 1. The van der Waals surface area contributed by atoms with Crippen LogP contribution in [0, 0.1) is 0 Å². The third-order valence-electron chi connectivity index (χ3n) is 2.44. The number of hydrogen-bond acceptors (Lipinski definition) is 4. The second kappa shape index (κ2) is 6.02. The molecule has 1 aromatic rings. The van der Waals surface area contributed by atoms with Crippen LogP contribution in [-0.2, 0) is 14.6 Å². The third-order valence-corrected chi connectivity index (χ3v) is 3.60. The Bertz CT molecular complexity index is 457. The highest BCUT2D eigenvalue weighted by Gasteiger charge is 2.13. The fourth-order valence-electron chi connectivity index (χ4n) is 1.54. The Morgan fingerprint density at radius 2 is 2.00 bits per heavy atom. The van der Waals surface area contributed by atoms with Crippen LogP contribution in [0.2, 0.25) is 0 Å². The highest BCUT2D eigenvalue weighted by molar-refractivity contribution is 7.90. The van der Waals surface area contributed by atoms with Gasteiger partial charge >= 0.3 is 0 Å². The minimum atomic E-state index is -3.19. The molecule has 0 fully saturated rings. The van der Waals surface area contributed by atoms with Gasteiger partial charge in [0.05, 0.1) is 10.6 Å². The third kappa shape index (κ3) is 4.36. The van der Waals surface area contributed by atoms with Gasteiger partial charge in [0.25, 0.3) is 0 Å². The van der Waals surface area contributed by atoms with Crippen LogP contribution < -0.4 is 5.32 Å². The minimum Gasteiger partial charge on any atom is -0.385 e. The summed E-state index contributed by atoms with van der Waals surface area (Å²) in [6.45, 7) is 2.65. The number of nitrogens with one attached hydrogen (secondary N) is 1. The number of methoxy groups -OCH3 is 1. The summed E-state index contributed by atoms with van der Waals surface area (Å²) in [6.07, 6.45) is 2.04. The van der Waals surface area contributed by atoms with Crippen molar-refractivity contribution >= 4 is 15.5 Å². The number of ether oxygens (including phenoxy) is 1. The van der Waals surface area contributed by atoms with E-state index in [1.807, 2.05) is 13.0 Å². The second-order valence-electron chi connectivity index (χ2n) is 4.10. The lowest BCUT2D eigenvalue weighted by Gasteiger charge is -2.17. The second-order valence-corrected chi connectivity index (χ2v) is 6.08. The standard InChI is InChI=1S/C12H19NO3S/c1-10(8-9-16-2)13-11-6-4-5-7-12(11)17(3,14)15/h4-7,10,13H,8-9H2,1-3H3. The van der Waals surface area contributed by atoms with Crippen LogP contribution >= 0.6 is 0 Å². The molecule has 0 aliphatic carbocycles. The zero-order valence-electron chi connectivity index (χ0n) is 10.4. The van der Waals surface area contributed by atoms with Crippen molar-refractivity contribution in [2.24, 2.45) is 0 Å². The van der Waals surface area contributed by atoms with E-state index in [4.69, 9.17) is 4.74 Å². The fourth-order valence-corrected chi connectivity index (χ4v) is 2.39. The summed E-state index contributed by atoms with van der Waals surface area (Å²) in [6, 6.07) is 7.10. The molecule has 0 aliphatic rings. The van der Waals surface area contributed by atoms with Crippen LogP contribution in [0.1, 0.15) is 13.3 Å². The van der Waals surface area contributed by atoms with Gasteiger partial charge in [0, 0.05) is 26.0 Å². The molecule has 96 valence electrons. The highest BCUT2D eigenvalue weighted by atomic mass is 32.2. The topological polar surface area (TPSA) is 55.4 Å². The Morgan fingerprint density at radius 1 is 1.35 bits per heavy atom. The van der Waals surface area contributed by atoms with Gasteiger partial charge in [-0.1, -0.05) is 12.1 Å². The average molecular weight is 257 g/mol. The van der Waals surface area contributed by atoms with Crippen LogP contribution in [0.5, 0.6) is 0 Å². The first-order valence-electron chi connectivity index (χ1n) is 5.49. The molecule has 0 amide bonds. The van der Waals surface area contributed by atoms with E-state index in [1.165, 1.54) is 6.26 Å². The predicted octanol–water partition coefficient (Wildman–Crippen LogP) is 1.93. The molecule has 0 spiro atoms. The Hall–Kier alpha value is -1.07. The molecule has 1 rings (SSSR count). The lowest BCUT2D eigenvalue weighted by atomic mass is 10.2. The smallest absolute Gasteiger partial charge is 0.177 e. The number of sulfone groups is 1. The van der Waals surface area contributed by atoms with Crippen LogP contribution in [0.15, 0.2) is 29.2 Å². The molecule has 0 radical (unpaired) electrons. The molecule has 1 atom stereocenters. The van der Waals surface area contributed by atoms with Crippen molar-refractivity contribution in [1.29, 1.82) is 0 Å². The molecular formula is C12H19NO3S. The van der Waals surface area contributed by atoms with E-state index in [2.05, 4.69) is 5.32 Å². The minimum absolute atomic E-state index is 0.165. The number of hydrogen-bond donors (Lipinski definition) is 1. The first-order valence-corrected chi connectivity index (χ1v) is 7.39. The van der Waals surface area contributed by atoms with Crippen LogP contribution in [0.25, 0.3) is 0 Å². The zero-order valence-corrected chi connectivity index (χ0v) is 11.3. The zero-order chi connectivity index (χ0) is 12.9. The van der Waals surface area contributed by atoms with E-state index in [1.54, 1.807) is 25.3 Å². The molecule has 1 unspecified atom stereocenters. The van der Waals surface area contributed by atoms with Crippen molar-refractivity contribution in [3.8, 4) is 0 Å². The summed E-state index contributed by atoms with van der Waals surface area (Å²) in [4.78, 5) is 0.337. The lowest BCUT2D eigenvalue weighted by molar-refractivity contribution is 0.191. The van der Waals surface area contributed by atoms with Gasteiger partial charge in [-0.25, -0.2) is 8.42 Å². The van der Waals surface area contributed by atoms with E-state index in [0.29, 0.717) is 17.2 Å². The van der Waals surface area contributed by atoms with Crippen molar-refractivity contribution in [3.05, 3.63) is 24.3 Å². The summed E-state index contributed by atoms with van der Waals surface area (Å²) in [5, 5.41) is 3.19. The van der Waals surface area contributed by atoms with Gasteiger partial charge in [-0.3, -0.25) is 0 Å². The molecule has 17 heavy (non-hydrogen) atoms. The molecule has 0 saturated carbocycles. The summed E-state index contributed by atoms with van der Waals surface area (Å²) in [7, 11) is -1.54. The molecule has 1 N–H and O–H groups in total. The Labute approximate surface area is 103 Å². The normalized spacial score (nSPS) is 13.4. The molecule has 0 bridgehead atoms. The van der Waals surface area contributed by atoms with Gasteiger partial charge in [0.2, 0.25) is 0 Å². The van der Waals surface area contributed by atoms with E-state index < -0.39 is 9.84 Å². The summed E-state index contributed by atoms with van der Waals surface area (Å²) in [5.74, 6) is 0. The SMILES string of the molecule is COCCC(C)Nc1ccccc1S(C)(=O)=O. The van der Waals surface area contributed by atoms with Crippen LogP contribution in [0.3, 0.4) is 0 Å². The average Bonchev–Trinajstić information content (AvgIpc) is 2.25. The molecular weight excluding hydrogens is 238 g/mol. The van der Waals surface area contributed by atoms with Gasteiger partial charge in [-0.05, 0) is 25.5 Å². The lowest BCUT2D eigenvalue weighted by Crippen LogP contribution is -2.18.